The molecule has 2 aromatic carbocycles. The molecule has 0 aliphatic carbocycles. The van der Waals surface area contributed by atoms with E-state index in [-0.39, 0.29) is 25.1 Å². The van der Waals surface area contributed by atoms with E-state index in [4.69, 9.17) is 18.6 Å². The third kappa shape index (κ3) is 4.44. The van der Waals surface area contributed by atoms with Crippen molar-refractivity contribution in [2.45, 2.75) is 20.1 Å². The highest BCUT2D eigenvalue weighted by Gasteiger charge is 2.15. The second-order valence-electron chi connectivity index (χ2n) is 7.41. The first-order valence-electron chi connectivity index (χ1n) is 10.1. The van der Waals surface area contributed by atoms with Crippen LogP contribution in [0.3, 0.4) is 0 Å². The Labute approximate surface area is 184 Å². The Morgan fingerprint density at radius 1 is 1.09 bits per heavy atom. The van der Waals surface area contributed by atoms with Gasteiger partial charge in [0.25, 0.3) is 5.91 Å². The first-order chi connectivity index (χ1) is 15.6. The number of ether oxygens (including phenoxy) is 3. The number of carbonyl (C=O) groups excluding carboxylic acids is 1. The number of benzene rings is 2. The molecule has 8 heteroatoms. The van der Waals surface area contributed by atoms with E-state index < -0.39 is 0 Å². The zero-order chi connectivity index (χ0) is 21.9. The number of hydrogen-bond donors (Lipinski definition) is 1. The van der Waals surface area contributed by atoms with Gasteiger partial charge < -0.3 is 23.9 Å². The molecular weight excluding hydrogens is 410 g/mol. The van der Waals surface area contributed by atoms with E-state index in [1.54, 1.807) is 41.1 Å². The van der Waals surface area contributed by atoms with Crippen LogP contribution in [0.2, 0.25) is 0 Å². The minimum absolute atomic E-state index is 0.179. The van der Waals surface area contributed by atoms with Gasteiger partial charge in [-0.3, -0.25) is 9.48 Å². The van der Waals surface area contributed by atoms with E-state index in [1.807, 2.05) is 18.3 Å². The van der Waals surface area contributed by atoms with Crippen molar-refractivity contribution in [3.8, 4) is 17.2 Å². The Morgan fingerprint density at radius 2 is 2.00 bits per heavy atom. The summed E-state index contributed by atoms with van der Waals surface area (Å²) in [6.07, 6.45) is 1.82. The fourth-order valence-electron chi connectivity index (χ4n) is 3.39. The number of fused-ring (bicyclic) bond motifs is 1. The van der Waals surface area contributed by atoms with Crippen LogP contribution in [-0.4, -0.2) is 22.5 Å². The molecule has 0 atom stereocenters. The van der Waals surface area contributed by atoms with Crippen LogP contribution in [0.15, 0.2) is 71.3 Å². The van der Waals surface area contributed by atoms with Crippen LogP contribution in [-0.2, 0) is 13.2 Å². The van der Waals surface area contributed by atoms with Crippen LogP contribution >= 0.6 is 0 Å². The molecule has 0 bridgehead atoms. The van der Waals surface area contributed by atoms with Crippen LogP contribution < -0.4 is 19.5 Å². The Morgan fingerprint density at radius 3 is 2.91 bits per heavy atom. The average Bonchev–Trinajstić information content (AvgIpc) is 3.53. The van der Waals surface area contributed by atoms with Crippen molar-refractivity contribution >= 4 is 11.7 Å². The maximum atomic E-state index is 12.5. The molecule has 0 spiro atoms. The molecular formula is C24H21N3O5. The van der Waals surface area contributed by atoms with Crippen molar-refractivity contribution in [2.75, 3.05) is 12.1 Å². The van der Waals surface area contributed by atoms with Crippen LogP contribution in [0.5, 0.6) is 17.2 Å². The number of nitrogens with zero attached hydrogens (tertiary/aromatic N) is 2. The molecule has 0 fully saturated rings. The van der Waals surface area contributed by atoms with Gasteiger partial charge in [-0.15, -0.1) is 0 Å². The van der Waals surface area contributed by atoms with Gasteiger partial charge in [-0.2, -0.15) is 5.10 Å². The molecule has 0 unspecified atom stereocenters. The maximum absolute atomic E-state index is 12.5. The highest BCUT2D eigenvalue weighted by molar-refractivity contribution is 6.01. The molecule has 0 saturated carbocycles. The molecule has 32 heavy (non-hydrogen) atoms. The summed E-state index contributed by atoms with van der Waals surface area (Å²) in [5.74, 6) is 2.74. The summed E-state index contributed by atoms with van der Waals surface area (Å²) < 4.78 is 23.7. The van der Waals surface area contributed by atoms with Crippen LogP contribution in [0.4, 0.5) is 5.82 Å². The van der Waals surface area contributed by atoms with Crippen molar-refractivity contribution in [3.05, 3.63) is 89.5 Å². The highest BCUT2D eigenvalue weighted by atomic mass is 16.7. The average molecular weight is 431 g/mol. The predicted molar refractivity (Wildman–Crippen MR) is 116 cm³/mol. The molecule has 1 aliphatic rings. The Kier molecular flexibility index (Phi) is 5.25. The van der Waals surface area contributed by atoms with Crippen LogP contribution in [0.25, 0.3) is 0 Å². The number of amides is 1. The van der Waals surface area contributed by atoms with Crippen molar-refractivity contribution in [1.82, 2.24) is 9.78 Å². The normalized spacial score (nSPS) is 12.0. The summed E-state index contributed by atoms with van der Waals surface area (Å²) in [6, 6.07) is 18.6. The molecule has 1 N–H and O–H groups in total. The Balaban J connectivity index is 1.17. The number of anilines is 1. The Bertz CT molecular complexity index is 1260. The van der Waals surface area contributed by atoms with Gasteiger partial charge in [-0.05, 0) is 36.8 Å². The summed E-state index contributed by atoms with van der Waals surface area (Å²) in [7, 11) is 0. The van der Waals surface area contributed by atoms with E-state index in [1.165, 1.54) is 5.56 Å². The minimum atomic E-state index is -0.375. The minimum Gasteiger partial charge on any atom is -0.486 e. The predicted octanol–water partition coefficient (Wildman–Crippen LogP) is 4.39. The molecule has 4 aromatic rings. The van der Waals surface area contributed by atoms with Gasteiger partial charge in [0.15, 0.2) is 23.1 Å². The number of hydrogen-bond acceptors (Lipinski definition) is 6. The standard InChI is InChI=1S/C24H21N3O5/c1-16-3-2-4-17(11-16)13-27-10-9-23(26-27)25-24(28)21-8-6-19(32-21)14-29-18-5-7-20-22(12-18)31-15-30-20/h2-12H,13-15H2,1H3,(H,25,26,28). The van der Waals surface area contributed by atoms with E-state index in [9.17, 15) is 4.79 Å². The van der Waals surface area contributed by atoms with E-state index in [2.05, 4.69) is 29.5 Å². The highest BCUT2D eigenvalue weighted by Crippen LogP contribution is 2.35. The van der Waals surface area contributed by atoms with Gasteiger partial charge in [0, 0.05) is 18.3 Å². The second kappa shape index (κ2) is 8.50. The van der Waals surface area contributed by atoms with Crippen LogP contribution in [0.1, 0.15) is 27.4 Å². The number of carbonyl (C=O) groups is 1. The molecule has 0 saturated heterocycles. The summed E-state index contributed by atoms with van der Waals surface area (Å²) >= 11 is 0. The van der Waals surface area contributed by atoms with Crippen molar-refractivity contribution in [1.29, 1.82) is 0 Å². The third-order valence-corrected chi connectivity index (χ3v) is 4.92. The van der Waals surface area contributed by atoms with E-state index >= 15 is 0 Å². The molecule has 8 nitrogen and oxygen atoms in total. The van der Waals surface area contributed by atoms with Crippen molar-refractivity contribution in [3.63, 3.8) is 0 Å². The Hall–Kier alpha value is -4.20. The molecule has 162 valence electrons. The number of aryl methyl sites for hydroxylation is 1. The topological polar surface area (TPSA) is 87.8 Å². The lowest BCUT2D eigenvalue weighted by Crippen LogP contribution is -2.12. The molecule has 3 heterocycles. The van der Waals surface area contributed by atoms with Gasteiger partial charge in [0.05, 0.1) is 6.54 Å². The second-order valence-corrected chi connectivity index (χ2v) is 7.41. The summed E-state index contributed by atoms with van der Waals surface area (Å²) in [5.41, 5.74) is 2.34. The monoisotopic (exact) mass is 431 g/mol. The van der Waals surface area contributed by atoms with Gasteiger partial charge in [-0.1, -0.05) is 29.8 Å². The number of rotatable bonds is 7. The molecule has 1 amide bonds. The molecule has 5 rings (SSSR count). The lowest BCUT2D eigenvalue weighted by atomic mass is 10.1. The van der Waals surface area contributed by atoms with E-state index in [0.29, 0.717) is 35.4 Å². The quantitative estimate of drug-likeness (QED) is 0.467. The van der Waals surface area contributed by atoms with Gasteiger partial charge in [0.1, 0.15) is 18.1 Å². The smallest absolute Gasteiger partial charge is 0.292 e. The van der Waals surface area contributed by atoms with Crippen LogP contribution in [0, 0.1) is 6.92 Å². The van der Waals surface area contributed by atoms with Gasteiger partial charge >= 0.3 is 0 Å². The SMILES string of the molecule is Cc1cccc(Cn2ccc(NC(=O)c3ccc(COc4ccc5c(c4)OCO5)o3)n2)c1. The zero-order valence-electron chi connectivity index (χ0n) is 17.4. The number of aromatic nitrogens is 2. The number of furan rings is 1. The number of nitrogens with one attached hydrogen (secondary N) is 1. The summed E-state index contributed by atoms with van der Waals surface area (Å²) in [4.78, 5) is 12.5. The van der Waals surface area contributed by atoms with Crippen molar-refractivity contribution < 1.29 is 23.4 Å². The third-order valence-electron chi connectivity index (χ3n) is 4.92. The van der Waals surface area contributed by atoms with Gasteiger partial charge in [0.2, 0.25) is 6.79 Å². The van der Waals surface area contributed by atoms with Crippen molar-refractivity contribution in [2.24, 2.45) is 0 Å². The van der Waals surface area contributed by atoms with E-state index in [0.717, 1.165) is 5.56 Å². The molecule has 0 radical (unpaired) electrons. The summed E-state index contributed by atoms with van der Waals surface area (Å²) in [6.45, 7) is 3.06. The van der Waals surface area contributed by atoms with Gasteiger partial charge in [-0.25, -0.2) is 0 Å². The maximum Gasteiger partial charge on any atom is 0.292 e. The lowest BCUT2D eigenvalue weighted by Gasteiger charge is -2.05. The summed E-state index contributed by atoms with van der Waals surface area (Å²) in [5, 5.41) is 7.16. The first kappa shape index (κ1) is 19.7. The zero-order valence-corrected chi connectivity index (χ0v) is 17.4. The molecule has 2 aromatic heterocycles. The fourth-order valence-corrected chi connectivity index (χ4v) is 3.39. The largest absolute Gasteiger partial charge is 0.486 e. The molecule has 1 aliphatic heterocycles. The fraction of sp³-hybridized carbons (Fsp3) is 0.167. The lowest BCUT2D eigenvalue weighted by molar-refractivity contribution is 0.0992. The first-order valence-corrected chi connectivity index (χ1v) is 10.1.